The first-order valence-electron chi connectivity index (χ1n) is 7.23. The van der Waals surface area contributed by atoms with Gasteiger partial charge in [-0.1, -0.05) is 17.7 Å². The lowest BCUT2D eigenvalue weighted by Gasteiger charge is -2.10. The number of rotatable bonds is 6. The molecule has 0 aliphatic heterocycles. The predicted molar refractivity (Wildman–Crippen MR) is 89.7 cm³/mol. The number of ether oxygens (including phenoxy) is 2. The van der Waals surface area contributed by atoms with E-state index in [0.29, 0.717) is 11.4 Å². The topological polar surface area (TPSA) is 90.7 Å². The molecule has 0 heterocycles. The Kier molecular flexibility index (Phi) is 5.36. The number of hydrogen-bond donors (Lipinski definition) is 1. The SMILES string of the molecule is COc1ccc(NC(=O)COc2ccc(C)cc2C)cc1[N+](=O)[O-]. The van der Waals surface area contributed by atoms with Gasteiger partial charge in [0.2, 0.25) is 0 Å². The summed E-state index contributed by atoms with van der Waals surface area (Å²) in [5.74, 6) is 0.343. The summed E-state index contributed by atoms with van der Waals surface area (Å²) in [6.45, 7) is 3.68. The lowest BCUT2D eigenvalue weighted by atomic mass is 10.1. The zero-order valence-corrected chi connectivity index (χ0v) is 13.7. The highest BCUT2D eigenvalue weighted by atomic mass is 16.6. The van der Waals surface area contributed by atoms with Crippen LogP contribution in [0.4, 0.5) is 11.4 Å². The van der Waals surface area contributed by atoms with Crippen LogP contribution < -0.4 is 14.8 Å². The fourth-order valence-electron chi connectivity index (χ4n) is 2.21. The molecule has 0 aliphatic carbocycles. The predicted octanol–water partition coefficient (Wildman–Crippen LogP) is 3.24. The summed E-state index contributed by atoms with van der Waals surface area (Å²) in [7, 11) is 1.35. The number of nitrogens with one attached hydrogen (secondary N) is 1. The van der Waals surface area contributed by atoms with Crippen molar-refractivity contribution >= 4 is 17.3 Å². The number of carbonyl (C=O) groups excluding carboxylic acids is 1. The molecule has 2 aromatic rings. The van der Waals surface area contributed by atoms with Crippen LogP contribution in [-0.4, -0.2) is 24.5 Å². The molecule has 2 rings (SSSR count). The van der Waals surface area contributed by atoms with Gasteiger partial charge in [-0.2, -0.15) is 0 Å². The molecule has 7 nitrogen and oxygen atoms in total. The molecule has 7 heteroatoms. The highest BCUT2D eigenvalue weighted by Crippen LogP contribution is 2.29. The number of anilines is 1. The molecular weight excluding hydrogens is 312 g/mol. The Labute approximate surface area is 139 Å². The lowest BCUT2D eigenvalue weighted by Crippen LogP contribution is -2.20. The van der Waals surface area contributed by atoms with Crippen LogP contribution in [0.25, 0.3) is 0 Å². The number of amides is 1. The number of carbonyl (C=O) groups is 1. The van der Waals surface area contributed by atoms with Gasteiger partial charge in [0, 0.05) is 11.8 Å². The number of nitro benzene ring substituents is 1. The van der Waals surface area contributed by atoms with E-state index in [9.17, 15) is 14.9 Å². The smallest absolute Gasteiger partial charge is 0.312 e. The van der Waals surface area contributed by atoms with Crippen molar-refractivity contribution in [3.05, 3.63) is 57.6 Å². The van der Waals surface area contributed by atoms with E-state index in [1.807, 2.05) is 26.0 Å². The van der Waals surface area contributed by atoms with Gasteiger partial charge in [0.1, 0.15) is 5.75 Å². The second-order valence-corrected chi connectivity index (χ2v) is 5.25. The fourth-order valence-corrected chi connectivity index (χ4v) is 2.21. The van der Waals surface area contributed by atoms with Crippen molar-refractivity contribution in [3.63, 3.8) is 0 Å². The van der Waals surface area contributed by atoms with Gasteiger partial charge in [-0.25, -0.2) is 0 Å². The minimum Gasteiger partial charge on any atom is -0.490 e. The van der Waals surface area contributed by atoms with Crippen LogP contribution in [0, 0.1) is 24.0 Å². The van der Waals surface area contributed by atoms with Crippen molar-refractivity contribution < 1.29 is 19.2 Å². The number of methoxy groups -OCH3 is 1. The first-order chi connectivity index (χ1) is 11.4. The fraction of sp³-hybridized carbons (Fsp3) is 0.235. The van der Waals surface area contributed by atoms with Gasteiger partial charge in [0.05, 0.1) is 12.0 Å². The number of nitrogens with zero attached hydrogens (tertiary/aromatic N) is 1. The van der Waals surface area contributed by atoms with Crippen molar-refractivity contribution in [3.8, 4) is 11.5 Å². The molecule has 0 fully saturated rings. The summed E-state index contributed by atoms with van der Waals surface area (Å²) in [5, 5.41) is 13.5. The molecule has 0 saturated heterocycles. The minimum atomic E-state index is -0.569. The summed E-state index contributed by atoms with van der Waals surface area (Å²) in [4.78, 5) is 22.4. The van der Waals surface area contributed by atoms with Crippen molar-refractivity contribution in [2.24, 2.45) is 0 Å². The van der Waals surface area contributed by atoms with Gasteiger partial charge in [0.25, 0.3) is 5.91 Å². The molecule has 0 spiro atoms. The maximum atomic E-state index is 12.0. The lowest BCUT2D eigenvalue weighted by molar-refractivity contribution is -0.385. The minimum absolute atomic E-state index is 0.129. The normalized spacial score (nSPS) is 10.1. The molecule has 0 unspecified atom stereocenters. The molecular formula is C17H18N2O5. The third kappa shape index (κ3) is 4.22. The molecule has 0 bridgehead atoms. The van der Waals surface area contributed by atoms with E-state index in [1.54, 1.807) is 6.07 Å². The van der Waals surface area contributed by atoms with E-state index in [0.717, 1.165) is 11.1 Å². The van der Waals surface area contributed by atoms with Crippen LogP contribution in [0.2, 0.25) is 0 Å². The molecule has 1 amide bonds. The monoisotopic (exact) mass is 330 g/mol. The van der Waals surface area contributed by atoms with Crippen LogP contribution in [-0.2, 0) is 4.79 Å². The van der Waals surface area contributed by atoms with E-state index < -0.39 is 10.8 Å². The van der Waals surface area contributed by atoms with Crippen LogP contribution >= 0.6 is 0 Å². The largest absolute Gasteiger partial charge is 0.490 e. The summed E-state index contributed by atoms with van der Waals surface area (Å²) in [5.41, 5.74) is 2.13. The molecule has 0 atom stereocenters. The molecule has 24 heavy (non-hydrogen) atoms. The Balaban J connectivity index is 2.02. The Bertz CT molecular complexity index is 774. The van der Waals surface area contributed by atoms with Crippen molar-refractivity contribution in [1.82, 2.24) is 0 Å². The summed E-state index contributed by atoms with van der Waals surface area (Å²) in [6, 6.07) is 9.86. The zero-order valence-electron chi connectivity index (χ0n) is 13.7. The van der Waals surface area contributed by atoms with E-state index >= 15 is 0 Å². The van der Waals surface area contributed by atoms with E-state index in [-0.39, 0.29) is 18.0 Å². The van der Waals surface area contributed by atoms with E-state index in [2.05, 4.69) is 5.32 Å². The highest BCUT2D eigenvalue weighted by Gasteiger charge is 2.16. The maximum Gasteiger partial charge on any atom is 0.312 e. The van der Waals surface area contributed by atoms with Crippen LogP contribution in [0.15, 0.2) is 36.4 Å². The standard InChI is InChI=1S/C17H18N2O5/c1-11-4-6-15(12(2)8-11)24-10-17(20)18-13-5-7-16(23-3)14(9-13)19(21)22/h4-9H,10H2,1-3H3,(H,18,20). The molecule has 0 saturated carbocycles. The highest BCUT2D eigenvalue weighted by molar-refractivity contribution is 5.92. The second kappa shape index (κ2) is 7.45. The van der Waals surface area contributed by atoms with E-state index in [4.69, 9.17) is 9.47 Å². The average Bonchev–Trinajstić information content (AvgIpc) is 2.54. The summed E-state index contributed by atoms with van der Waals surface area (Å²) < 4.78 is 10.4. The number of aryl methyl sites for hydroxylation is 2. The number of benzene rings is 2. The van der Waals surface area contributed by atoms with Gasteiger partial charge < -0.3 is 14.8 Å². The van der Waals surface area contributed by atoms with Crippen LogP contribution in [0.1, 0.15) is 11.1 Å². The number of nitro groups is 1. The zero-order chi connectivity index (χ0) is 17.7. The van der Waals surface area contributed by atoms with Crippen molar-refractivity contribution in [2.75, 3.05) is 19.0 Å². The maximum absolute atomic E-state index is 12.0. The number of hydrogen-bond acceptors (Lipinski definition) is 5. The van der Waals surface area contributed by atoms with Gasteiger partial charge >= 0.3 is 5.69 Å². The quantitative estimate of drug-likeness (QED) is 0.648. The first kappa shape index (κ1) is 17.3. The third-order valence-electron chi connectivity index (χ3n) is 3.35. The van der Waals surface area contributed by atoms with Gasteiger partial charge in [-0.3, -0.25) is 14.9 Å². The second-order valence-electron chi connectivity index (χ2n) is 5.25. The van der Waals surface area contributed by atoms with Gasteiger partial charge in [-0.05, 0) is 37.6 Å². The Morgan fingerprint density at radius 1 is 1.17 bits per heavy atom. The van der Waals surface area contributed by atoms with Gasteiger partial charge in [0.15, 0.2) is 12.4 Å². The van der Waals surface area contributed by atoms with Crippen molar-refractivity contribution in [1.29, 1.82) is 0 Å². The molecule has 2 aromatic carbocycles. The molecule has 0 radical (unpaired) electrons. The Morgan fingerprint density at radius 2 is 1.88 bits per heavy atom. The van der Waals surface area contributed by atoms with Gasteiger partial charge in [-0.15, -0.1) is 0 Å². The van der Waals surface area contributed by atoms with Crippen molar-refractivity contribution in [2.45, 2.75) is 13.8 Å². The molecule has 1 N–H and O–H groups in total. The molecule has 126 valence electrons. The molecule has 0 aromatic heterocycles. The average molecular weight is 330 g/mol. The van der Waals surface area contributed by atoms with Crippen LogP contribution in [0.5, 0.6) is 11.5 Å². The Hall–Kier alpha value is -3.09. The third-order valence-corrected chi connectivity index (χ3v) is 3.35. The molecule has 0 aliphatic rings. The summed E-state index contributed by atoms with van der Waals surface area (Å²) >= 11 is 0. The first-order valence-corrected chi connectivity index (χ1v) is 7.23. The summed E-state index contributed by atoms with van der Waals surface area (Å²) in [6.07, 6.45) is 0. The van der Waals surface area contributed by atoms with Crippen LogP contribution in [0.3, 0.4) is 0 Å². The van der Waals surface area contributed by atoms with E-state index in [1.165, 1.54) is 25.3 Å². The Morgan fingerprint density at radius 3 is 2.50 bits per heavy atom.